The zero-order chi connectivity index (χ0) is 15.3. The first kappa shape index (κ1) is 19.3. The Kier molecular flexibility index (Phi) is 11.8. The molecule has 1 rings (SSSR count). The topological polar surface area (TPSA) is 43.3 Å². The summed E-state index contributed by atoms with van der Waals surface area (Å²) in [5.41, 5.74) is 0. The van der Waals surface area contributed by atoms with E-state index in [1.165, 1.54) is 57.8 Å². The fraction of sp³-hybridized carbons (Fsp3) is 1.00. The van der Waals surface area contributed by atoms with E-state index in [1.807, 2.05) is 0 Å². The van der Waals surface area contributed by atoms with Gasteiger partial charge in [0, 0.05) is 0 Å². The Morgan fingerprint density at radius 2 is 1.38 bits per heavy atom. The van der Waals surface area contributed by atoms with E-state index in [0.29, 0.717) is 0 Å². The van der Waals surface area contributed by atoms with Gasteiger partial charge in [-0.05, 0) is 43.3 Å². The summed E-state index contributed by atoms with van der Waals surface area (Å²) in [7, 11) is 0. The van der Waals surface area contributed by atoms with Crippen LogP contribution in [0, 0.1) is 0 Å². The molecule has 1 N–H and O–H groups in total. The molecular weight excluding hydrogens is 280 g/mol. The first-order chi connectivity index (χ1) is 10.3. The van der Waals surface area contributed by atoms with Gasteiger partial charge in [-0.15, -0.1) is 0 Å². The van der Waals surface area contributed by atoms with Gasteiger partial charge in [0.2, 0.25) is 0 Å². The van der Waals surface area contributed by atoms with Gasteiger partial charge in [-0.2, -0.15) is 0 Å². The standard InChI is InChI=1S/C18H36O2S/c1-2-3-4-5-6-7-8-9-10-13-16-21(20)18-15-12-11-14-17(18)19/h17-19H,2-16H2,1H3/t17-,18-,21+/m1/s1. The number of hydrogen-bond donors (Lipinski definition) is 1. The lowest BCUT2D eigenvalue weighted by atomic mass is 9.97. The van der Waals surface area contributed by atoms with Gasteiger partial charge in [-0.1, -0.05) is 64.7 Å². The Hall–Kier alpha value is 0.270. The van der Waals surface area contributed by atoms with Crippen LogP contribution >= 0.6 is 0 Å². The molecule has 0 radical (unpaired) electrons. The van der Waals surface area contributed by atoms with E-state index in [0.717, 1.165) is 37.9 Å². The summed E-state index contributed by atoms with van der Waals surface area (Å²) in [6.45, 7) is 2.26. The lowest BCUT2D eigenvalue weighted by Crippen LogP contribution is -2.38. The van der Waals surface area contributed by atoms with Crippen LogP contribution in [-0.2, 0) is 11.2 Å². The summed E-state index contributed by atoms with van der Waals surface area (Å²) < 4.78 is 12.2. The molecule has 0 aromatic rings. The van der Waals surface area contributed by atoms with Crippen LogP contribution in [0.3, 0.4) is 0 Å². The first-order valence-corrected chi connectivity index (χ1v) is 10.7. The van der Waals surface area contributed by atoms with Crippen molar-refractivity contribution in [2.75, 3.05) is 5.75 Å². The molecule has 0 aromatic carbocycles. The number of hydrogen-bond acceptors (Lipinski definition) is 2. The molecule has 1 aliphatic rings. The van der Waals surface area contributed by atoms with Crippen molar-refractivity contribution in [1.29, 1.82) is 0 Å². The minimum Gasteiger partial charge on any atom is -0.616 e. The second-order valence-corrected chi connectivity index (χ2v) is 8.43. The highest BCUT2D eigenvalue weighted by atomic mass is 32.2. The predicted molar refractivity (Wildman–Crippen MR) is 93.1 cm³/mol. The van der Waals surface area contributed by atoms with Gasteiger partial charge in [0.1, 0.15) is 17.1 Å². The van der Waals surface area contributed by atoms with Crippen LogP contribution in [0.5, 0.6) is 0 Å². The predicted octanol–water partition coefficient (Wildman–Crippen LogP) is 4.96. The van der Waals surface area contributed by atoms with Gasteiger partial charge in [0.25, 0.3) is 0 Å². The fourth-order valence-electron chi connectivity index (χ4n) is 3.27. The van der Waals surface area contributed by atoms with Crippen molar-refractivity contribution < 1.29 is 9.66 Å². The van der Waals surface area contributed by atoms with Crippen molar-refractivity contribution in [3.63, 3.8) is 0 Å². The molecule has 0 bridgehead atoms. The molecule has 0 heterocycles. The zero-order valence-electron chi connectivity index (χ0n) is 14.0. The fourth-order valence-corrected chi connectivity index (χ4v) is 4.97. The molecule has 1 fully saturated rings. The van der Waals surface area contributed by atoms with Crippen LogP contribution in [0.1, 0.15) is 96.8 Å². The maximum atomic E-state index is 12.2. The second kappa shape index (κ2) is 12.8. The molecule has 0 spiro atoms. The molecule has 1 saturated carbocycles. The van der Waals surface area contributed by atoms with Crippen LogP contribution in [0.4, 0.5) is 0 Å². The maximum Gasteiger partial charge on any atom is 0.141 e. The van der Waals surface area contributed by atoms with Crippen molar-refractivity contribution in [2.24, 2.45) is 0 Å². The van der Waals surface area contributed by atoms with Crippen LogP contribution < -0.4 is 0 Å². The number of aliphatic hydroxyl groups is 1. The smallest absolute Gasteiger partial charge is 0.141 e. The molecule has 0 amide bonds. The maximum absolute atomic E-state index is 12.2. The van der Waals surface area contributed by atoms with Crippen LogP contribution in [0.2, 0.25) is 0 Å². The normalized spacial score (nSPS) is 24.1. The molecule has 3 atom stereocenters. The summed E-state index contributed by atoms with van der Waals surface area (Å²) in [6, 6.07) is 0. The lowest BCUT2D eigenvalue weighted by molar-refractivity contribution is 0.133. The van der Waals surface area contributed by atoms with Crippen molar-refractivity contribution >= 4 is 11.2 Å². The van der Waals surface area contributed by atoms with Gasteiger partial charge < -0.3 is 9.66 Å². The highest BCUT2D eigenvalue weighted by Crippen LogP contribution is 2.25. The Morgan fingerprint density at radius 1 is 0.857 bits per heavy atom. The molecule has 3 heteroatoms. The van der Waals surface area contributed by atoms with E-state index >= 15 is 0 Å². The Bertz CT molecular complexity index is 235. The van der Waals surface area contributed by atoms with Crippen molar-refractivity contribution in [2.45, 2.75) is 108 Å². The average Bonchev–Trinajstić information content (AvgIpc) is 2.49. The summed E-state index contributed by atoms with van der Waals surface area (Å²) in [6.07, 6.45) is 17.0. The molecule has 0 aliphatic heterocycles. The third kappa shape index (κ3) is 9.10. The second-order valence-electron chi connectivity index (χ2n) is 6.66. The SMILES string of the molecule is CCCCCCCCCCCC[S@+]([O-])[C@@H]1CCCC[C@H]1O. The van der Waals surface area contributed by atoms with E-state index < -0.39 is 11.2 Å². The van der Waals surface area contributed by atoms with E-state index in [1.54, 1.807) is 0 Å². The first-order valence-electron chi connectivity index (χ1n) is 9.31. The Morgan fingerprint density at radius 3 is 1.95 bits per heavy atom. The Labute approximate surface area is 135 Å². The molecule has 0 aromatic heterocycles. The molecular formula is C18H36O2S. The third-order valence-corrected chi connectivity index (χ3v) is 6.62. The number of rotatable bonds is 12. The van der Waals surface area contributed by atoms with E-state index in [2.05, 4.69) is 6.92 Å². The van der Waals surface area contributed by atoms with Crippen LogP contribution in [0.25, 0.3) is 0 Å². The summed E-state index contributed by atoms with van der Waals surface area (Å²) >= 11 is -0.799. The van der Waals surface area contributed by atoms with E-state index in [-0.39, 0.29) is 11.4 Å². The van der Waals surface area contributed by atoms with E-state index in [9.17, 15) is 9.66 Å². The van der Waals surface area contributed by atoms with Gasteiger partial charge >= 0.3 is 0 Å². The van der Waals surface area contributed by atoms with Gasteiger partial charge in [-0.3, -0.25) is 0 Å². The van der Waals surface area contributed by atoms with Crippen molar-refractivity contribution in [1.82, 2.24) is 0 Å². The molecule has 21 heavy (non-hydrogen) atoms. The average molecular weight is 317 g/mol. The van der Waals surface area contributed by atoms with Gasteiger partial charge in [-0.25, -0.2) is 0 Å². The monoisotopic (exact) mass is 316 g/mol. The Balaban J connectivity index is 1.89. The number of unbranched alkanes of at least 4 members (excludes halogenated alkanes) is 9. The van der Waals surface area contributed by atoms with Crippen LogP contribution in [-0.4, -0.2) is 26.8 Å². The largest absolute Gasteiger partial charge is 0.616 e. The summed E-state index contributed by atoms with van der Waals surface area (Å²) in [4.78, 5) is 0. The van der Waals surface area contributed by atoms with E-state index in [4.69, 9.17) is 0 Å². The quantitative estimate of drug-likeness (QED) is 0.408. The number of aliphatic hydroxyl groups excluding tert-OH is 1. The minimum atomic E-state index is -0.799. The molecule has 2 nitrogen and oxygen atoms in total. The summed E-state index contributed by atoms with van der Waals surface area (Å²) in [5, 5.41) is 9.97. The van der Waals surface area contributed by atoms with Crippen molar-refractivity contribution in [3.05, 3.63) is 0 Å². The zero-order valence-corrected chi connectivity index (χ0v) is 14.8. The highest BCUT2D eigenvalue weighted by molar-refractivity contribution is 7.92. The van der Waals surface area contributed by atoms with Gasteiger partial charge in [0.15, 0.2) is 0 Å². The molecule has 1 aliphatic carbocycles. The lowest BCUT2D eigenvalue weighted by Gasteiger charge is -2.29. The molecule has 126 valence electrons. The van der Waals surface area contributed by atoms with Crippen molar-refractivity contribution in [3.8, 4) is 0 Å². The molecule has 0 unspecified atom stereocenters. The summed E-state index contributed by atoms with van der Waals surface area (Å²) in [5.74, 6) is 0.804. The van der Waals surface area contributed by atoms with Crippen LogP contribution in [0.15, 0.2) is 0 Å². The van der Waals surface area contributed by atoms with Gasteiger partial charge in [0.05, 0.1) is 0 Å². The minimum absolute atomic E-state index is 0.0670. The molecule has 0 saturated heterocycles. The third-order valence-electron chi connectivity index (χ3n) is 4.70. The highest BCUT2D eigenvalue weighted by Gasteiger charge is 2.32.